The summed E-state index contributed by atoms with van der Waals surface area (Å²) < 4.78 is 94.8. The second-order valence-corrected chi connectivity index (χ2v) is 6.36. The van der Waals surface area contributed by atoms with Crippen molar-refractivity contribution in [1.82, 2.24) is 0 Å². The van der Waals surface area contributed by atoms with E-state index in [1.807, 2.05) is 0 Å². The van der Waals surface area contributed by atoms with Gasteiger partial charge < -0.3 is 18.9 Å². The molecule has 0 N–H and O–H groups in total. The van der Waals surface area contributed by atoms with Crippen molar-refractivity contribution in [3.8, 4) is 5.75 Å². The number of benzene rings is 1. The minimum absolute atomic E-state index is 0.0384. The van der Waals surface area contributed by atoms with Crippen LogP contribution in [0, 0.1) is 0 Å². The third-order valence-electron chi connectivity index (χ3n) is 3.50. The molecule has 1 aromatic carbocycles. The largest absolute Gasteiger partial charge is 0.435 e. The van der Waals surface area contributed by atoms with Crippen LogP contribution < -0.4 is 4.74 Å². The Balaban J connectivity index is 2.34. The highest BCUT2D eigenvalue weighted by atomic mass is 35.5. The topological polar surface area (TPSA) is 36.9 Å². The van der Waals surface area contributed by atoms with Crippen molar-refractivity contribution in [3.63, 3.8) is 0 Å². The molecule has 1 fully saturated rings. The Kier molecular flexibility index (Phi) is 6.01. The summed E-state index contributed by atoms with van der Waals surface area (Å²) in [5, 5.41) is -0.173. The number of hydrogen-bond donors (Lipinski definition) is 0. The van der Waals surface area contributed by atoms with E-state index in [0.29, 0.717) is 0 Å². The van der Waals surface area contributed by atoms with Crippen LogP contribution in [0.3, 0.4) is 0 Å². The fourth-order valence-electron chi connectivity index (χ4n) is 2.42. The molecule has 1 aliphatic rings. The van der Waals surface area contributed by atoms with Crippen LogP contribution in [-0.2, 0) is 19.8 Å². The molecule has 1 unspecified atom stereocenters. The summed E-state index contributed by atoms with van der Waals surface area (Å²) in [5.41, 5.74) is -1.71. The van der Waals surface area contributed by atoms with Crippen molar-refractivity contribution in [1.29, 1.82) is 0 Å². The molecule has 2 rings (SSSR count). The van der Waals surface area contributed by atoms with Crippen molar-refractivity contribution in [2.45, 2.75) is 44.4 Å². The lowest BCUT2D eigenvalue weighted by Crippen LogP contribution is -2.42. The maximum atomic E-state index is 13.2. The molecule has 1 heterocycles. The van der Waals surface area contributed by atoms with Gasteiger partial charge in [0.2, 0.25) is 0 Å². The van der Waals surface area contributed by atoms with Crippen LogP contribution in [0.2, 0.25) is 5.02 Å². The third-order valence-corrected chi connectivity index (χ3v) is 3.82. The highest BCUT2D eigenvalue weighted by Crippen LogP contribution is 2.44. The zero-order valence-electron chi connectivity index (χ0n) is 13.6. The maximum Gasteiger partial charge on any atom is 0.416 e. The monoisotopic (exact) mass is 408 g/mol. The second kappa shape index (κ2) is 7.41. The van der Waals surface area contributed by atoms with Gasteiger partial charge in [0.15, 0.2) is 5.79 Å². The summed E-state index contributed by atoms with van der Waals surface area (Å²) in [6, 6.07) is 3.31. The van der Waals surface area contributed by atoms with Crippen LogP contribution in [-0.4, -0.2) is 38.1 Å². The molecule has 1 saturated heterocycles. The minimum atomic E-state index is -4.71. The first-order valence-electron chi connectivity index (χ1n) is 7.26. The Hall–Kier alpha value is -1.23. The fraction of sp³-hybridized carbons (Fsp3) is 0.600. The molecule has 148 valence electrons. The van der Waals surface area contributed by atoms with Crippen molar-refractivity contribution in [2.75, 3.05) is 13.2 Å². The summed E-state index contributed by atoms with van der Waals surface area (Å²) in [6.45, 7) is -1.50. The number of halogens is 7. The summed E-state index contributed by atoms with van der Waals surface area (Å²) in [7, 11) is 0. The third kappa shape index (κ3) is 4.73. The standard InChI is InChI=1S/C15H15ClF6O4/c1-13(2)23-6-14(26-13,7-24-15(21,22)11(17)18)9-4-3-8(5-10(9)16)25-12(19)20/h3-5,11-12H,6-7H2,1-2H3. The molecule has 0 aromatic heterocycles. The highest BCUT2D eigenvalue weighted by molar-refractivity contribution is 6.31. The molecule has 0 aliphatic carbocycles. The summed E-state index contributed by atoms with van der Waals surface area (Å²) in [5.74, 6) is -1.52. The van der Waals surface area contributed by atoms with Gasteiger partial charge in [0.05, 0.1) is 18.2 Å². The van der Waals surface area contributed by atoms with Gasteiger partial charge in [-0.3, -0.25) is 0 Å². The van der Waals surface area contributed by atoms with Crippen LogP contribution in [0.4, 0.5) is 26.3 Å². The zero-order valence-corrected chi connectivity index (χ0v) is 14.3. The Morgan fingerprint density at radius 3 is 2.35 bits per heavy atom. The highest BCUT2D eigenvalue weighted by Gasteiger charge is 2.52. The summed E-state index contributed by atoms with van der Waals surface area (Å²) >= 11 is 6.04. The zero-order chi connectivity index (χ0) is 19.8. The van der Waals surface area contributed by atoms with Gasteiger partial charge in [-0.2, -0.15) is 17.6 Å². The van der Waals surface area contributed by atoms with Crippen LogP contribution in [0.1, 0.15) is 19.4 Å². The van der Waals surface area contributed by atoms with Crippen molar-refractivity contribution in [3.05, 3.63) is 28.8 Å². The molecule has 1 aromatic rings. The Morgan fingerprint density at radius 2 is 1.88 bits per heavy atom. The van der Waals surface area contributed by atoms with Gasteiger partial charge in [-0.05, 0) is 26.0 Å². The van der Waals surface area contributed by atoms with E-state index in [1.54, 1.807) is 0 Å². The summed E-state index contributed by atoms with van der Waals surface area (Å²) in [4.78, 5) is 0. The van der Waals surface area contributed by atoms with Crippen LogP contribution in [0.25, 0.3) is 0 Å². The normalized spacial score (nSPS) is 23.0. The SMILES string of the molecule is CC1(C)OCC(COC(F)(F)C(F)F)(c2ccc(OC(F)F)cc2Cl)O1. The molecule has 0 saturated carbocycles. The van der Waals surface area contributed by atoms with E-state index in [4.69, 9.17) is 21.1 Å². The van der Waals surface area contributed by atoms with E-state index < -0.39 is 37.1 Å². The lowest BCUT2D eigenvalue weighted by Gasteiger charge is -2.31. The average molecular weight is 409 g/mol. The molecule has 0 radical (unpaired) electrons. The number of alkyl halides is 6. The molecule has 1 aliphatic heterocycles. The van der Waals surface area contributed by atoms with Crippen molar-refractivity contribution in [2.24, 2.45) is 0 Å². The van der Waals surface area contributed by atoms with Crippen molar-refractivity contribution >= 4 is 11.6 Å². The average Bonchev–Trinajstić information content (AvgIpc) is 2.81. The summed E-state index contributed by atoms with van der Waals surface area (Å²) in [6.07, 6.45) is -8.76. The maximum absolute atomic E-state index is 13.2. The number of ether oxygens (including phenoxy) is 4. The lowest BCUT2D eigenvalue weighted by atomic mass is 9.95. The molecule has 26 heavy (non-hydrogen) atoms. The molecule has 1 atom stereocenters. The fourth-order valence-corrected chi connectivity index (χ4v) is 2.76. The molecular weight excluding hydrogens is 394 g/mol. The molecule has 4 nitrogen and oxygen atoms in total. The van der Waals surface area contributed by atoms with E-state index in [1.165, 1.54) is 19.9 Å². The predicted octanol–water partition coefficient (Wildman–Crippen LogP) is 4.79. The van der Waals surface area contributed by atoms with Crippen LogP contribution in [0.5, 0.6) is 5.75 Å². The number of rotatable bonds is 7. The quantitative estimate of drug-likeness (QED) is 0.608. The van der Waals surface area contributed by atoms with E-state index in [2.05, 4.69) is 9.47 Å². The van der Waals surface area contributed by atoms with Gasteiger partial charge in [0, 0.05) is 5.56 Å². The van der Waals surface area contributed by atoms with Crippen LogP contribution in [0.15, 0.2) is 18.2 Å². The van der Waals surface area contributed by atoms with E-state index in [-0.39, 0.29) is 22.9 Å². The van der Waals surface area contributed by atoms with E-state index >= 15 is 0 Å². The second-order valence-electron chi connectivity index (χ2n) is 5.96. The molecule has 11 heteroatoms. The Labute approximate surface area is 149 Å². The smallest absolute Gasteiger partial charge is 0.416 e. The Bertz CT molecular complexity index is 643. The Morgan fingerprint density at radius 1 is 1.23 bits per heavy atom. The molecular formula is C15H15ClF6O4. The first kappa shape index (κ1) is 21.1. The van der Waals surface area contributed by atoms with Gasteiger partial charge >= 0.3 is 19.1 Å². The van der Waals surface area contributed by atoms with E-state index in [9.17, 15) is 26.3 Å². The van der Waals surface area contributed by atoms with Gasteiger partial charge in [-0.25, -0.2) is 8.78 Å². The lowest BCUT2D eigenvalue weighted by molar-refractivity contribution is -0.318. The van der Waals surface area contributed by atoms with Gasteiger partial charge in [0.1, 0.15) is 11.4 Å². The minimum Gasteiger partial charge on any atom is -0.435 e. The molecule has 0 amide bonds. The predicted molar refractivity (Wildman–Crippen MR) is 77.8 cm³/mol. The first-order valence-corrected chi connectivity index (χ1v) is 7.64. The first-order chi connectivity index (χ1) is 11.9. The van der Waals surface area contributed by atoms with Gasteiger partial charge in [-0.1, -0.05) is 17.7 Å². The van der Waals surface area contributed by atoms with E-state index in [0.717, 1.165) is 12.1 Å². The molecule has 0 bridgehead atoms. The molecule has 0 spiro atoms. The van der Waals surface area contributed by atoms with Gasteiger partial charge in [-0.15, -0.1) is 0 Å². The van der Waals surface area contributed by atoms with Crippen LogP contribution >= 0.6 is 11.6 Å². The van der Waals surface area contributed by atoms with Gasteiger partial charge in [0.25, 0.3) is 0 Å². The number of hydrogen-bond acceptors (Lipinski definition) is 4. The van der Waals surface area contributed by atoms with Crippen molar-refractivity contribution < 1.29 is 45.3 Å².